The number of rotatable bonds is 4. The molecule has 1 heterocycles. The Bertz CT molecular complexity index is 621. The van der Waals surface area contributed by atoms with E-state index < -0.39 is 0 Å². The highest BCUT2D eigenvalue weighted by molar-refractivity contribution is 6.04. The van der Waals surface area contributed by atoms with Crippen molar-refractivity contribution in [2.75, 3.05) is 10.6 Å². The number of nitrogens with one attached hydrogen (secondary N) is 2. The highest BCUT2D eigenvalue weighted by Crippen LogP contribution is 2.14. The largest absolute Gasteiger partial charge is 0.323 e. The molecule has 0 aliphatic heterocycles. The maximum atomic E-state index is 11.9. The molecule has 20 heavy (non-hydrogen) atoms. The number of amides is 2. The van der Waals surface area contributed by atoms with Gasteiger partial charge in [-0.1, -0.05) is 6.58 Å². The molecule has 0 aliphatic carbocycles. The smallest absolute Gasteiger partial charge is 0.257 e. The Labute approximate surface area is 116 Å². The van der Waals surface area contributed by atoms with Crippen molar-refractivity contribution in [3.8, 4) is 0 Å². The molecule has 1 aromatic carbocycles. The van der Waals surface area contributed by atoms with Gasteiger partial charge in [-0.3, -0.25) is 14.6 Å². The molecule has 2 N–H and O–H groups in total. The molecule has 100 valence electrons. The summed E-state index contributed by atoms with van der Waals surface area (Å²) in [4.78, 5) is 26.9. The number of nitrogens with zero attached hydrogens (tertiary/aromatic N) is 1. The summed E-state index contributed by atoms with van der Waals surface area (Å²) in [5, 5.41) is 5.37. The zero-order valence-electron chi connectivity index (χ0n) is 10.7. The Morgan fingerprint density at radius 2 is 1.70 bits per heavy atom. The zero-order chi connectivity index (χ0) is 14.4. The molecule has 5 nitrogen and oxygen atoms in total. The van der Waals surface area contributed by atoms with Gasteiger partial charge in [0.15, 0.2) is 0 Å². The van der Waals surface area contributed by atoms with Crippen LogP contribution in [0, 0.1) is 0 Å². The maximum Gasteiger partial charge on any atom is 0.257 e. The van der Waals surface area contributed by atoms with Gasteiger partial charge in [-0.15, -0.1) is 0 Å². The molecule has 0 saturated heterocycles. The van der Waals surface area contributed by atoms with Crippen molar-refractivity contribution < 1.29 is 9.59 Å². The van der Waals surface area contributed by atoms with E-state index in [9.17, 15) is 9.59 Å². The second-order valence-corrected chi connectivity index (χ2v) is 3.97. The van der Waals surface area contributed by atoms with Crippen molar-refractivity contribution in [2.45, 2.75) is 0 Å². The van der Waals surface area contributed by atoms with Gasteiger partial charge in [-0.2, -0.15) is 0 Å². The van der Waals surface area contributed by atoms with Crippen molar-refractivity contribution >= 4 is 23.2 Å². The van der Waals surface area contributed by atoms with E-state index in [-0.39, 0.29) is 11.8 Å². The van der Waals surface area contributed by atoms with Crippen LogP contribution in [0.3, 0.4) is 0 Å². The highest BCUT2D eigenvalue weighted by Gasteiger charge is 2.05. The number of hydrogen-bond donors (Lipinski definition) is 2. The van der Waals surface area contributed by atoms with Crippen molar-refractivity contribution in [2.24, 2.45) is 0 Å². The third-order valence-electron chi connectivity index (χ3n) is 2.52. The first-order valence-electron chi connectivity index (χ1n) is 5.94. The van der Waals surface area contributed by atoms with E-state index in [1.54, 1.807) is 42.6 Å². The lowest BCUT2D eigenvalue weighted by Gasteiger charge is -2.06. The lowest BCUT2D eigenvalue weighted by molar-refractivity contribution is -0.111. The van der Waals surface area contributed by atoms with Gasteiger partial charge in [0.2, 0.25) is 5.91 Å². The summed E-state index contributed by atoms with van der Waals surface area (Å²) in [5.74, 6) is -0.516. The number of anilines is 2. The van der Waals surface area contributed by atoms with Crippen LogP contribution in [0.2, 0.25) is 0 Å². The summed E-state index contributed by atoms with van der Waals surface area (Å²) >= 11 is 0. The van der Waals surface area contributed by atoms with Gasteiger partial charge in [-0.05, 0) is 42.5 Å². The molecule has 1 aromatic heterocycles. The minimum atomic E-state index is -0.280. The van der Waals surface area contributed by atoms with Crippen molar-refractivity contribution in [3.63, 3.8) is 0 Å². The van der Waals surface area contributed by atoms with Crippen molar-refractivity contribution in [1.82, 2.24) is 4.98 Å². The second-order valence-electron chi connectivity index (χ2n) is 3.97. The zero-order valence-corrected chi connectivity index (χ0v) is 10.7. The number of hydrogen-bond acceptors (Lipinski definition) is 3. The molecule has 0 atom stereocenters. The van der Waals surface area contributed by atoms with Crippen LogP contribution in [0.5, 0.6) is 0 Å². The average Bonchev–Trinajstić information content (AvgIpc) is 2.50. The maximum absolute atomic E-state index is 11.9. The van der Waals surface area contributed by atoms with Crippen molar-refractivity contribution in [3.05, 3.63) is 67.0 Å². The number of carbonyl (C=O) groups is 2. The van der Waals surface area contributed by atoms with E-state index in [0.29, 0.717) is 16.9 Å². The summed E-state index contributed by atoms with van der Waals surface area (Å²) in [7, 11) is 0. The molecular weight excluding hydrogens is 254 g/mol. The van der Waals surface area contributed by atoms with Crippen LogP contribution in [0.15, 0.2) is 61.4 Å². The first-order valence-corrected chi connectivity index (χ1v) is 5.94. The molecule has 2 amide bonds. The van der Waals surface area contributed by atoms with Gasteiger partial charge in [-0.25, -0.2) is 0 Å². The average molecular weight is 267 g/mol. The van der Waals surface area contributed by atoms with Crippen LogP contribution < -0.4 is 10.6 Å². The van der Waals surface area contributed by atoms with Gasteiger partial charge < -0.3 is 10.6 Å². The van der Waals surface area contributed by atoms with E-state index in [1.165, 1.54) is 12.3 Å². The topological polar surface area (TPSA) is 71.1 Å². The van der Waals surface area contributed by atoms with E-state index in [2.05, 4.69) is 22.2 Å². The predicted octanol–water partition coefficient (Wildman–Crippen LogP) is 2.46. The van der Waals surface area contributed by atoms with E-state index in [4.69, 9.17) is 0 Å². The molecule has 0 unspecified atom stereocenters. The summed E-state index contributed by atoms with van der Waals surface area (Å²) in [6.07, 6.45) is 4.29. The lowest BCUT2D eigenvalue weighted by Crippen LogP contribution is -2.12. The van der Waals surface area contributed by atoms with E-state index in [1.807, 2.05) is 0 Å². The number of carbonyl (C=O) groups excluding carboxylic acids is 2. The van der Waals surface area contributed by atoms with Gasteiger partial charge >= 0.3 is 0 Å². The predicted molar refractivity (Wildman–Crippen MR) is 77.5 cm³/mol. The minimum absolute atomic E-state index is 0.235. The molecule has 0 radical (unpaired) electrons. The molecular formula is C15H13N3O2. The highest BCUT2D eigenvalue weighted by atomic mass is 16.2. The fourth-order valence-corrected chi connectivity index (χ4v) is 1.53. The number of aromatic nitrogens is 1. The normalized spacial score (nSPS) is 9.60. The lowest BCUT2D eigenvalue weighted by atomic mass is 10.2. The standard InChI is InChI=1S/C15H13N3O2/c1-2-14(19)17-12-5-7-13(8-6-12)18-15(20)11-4-3-9-16-10-11/h2-10H,1H2,(H,17,19)(H,18,20). The first-order chi connectivity index (χ1) is 9.69. The van der Waals surface area contributed by atoms with Crippen LogP contribution in [-0.2, 0) is 4.79 Å². The fourth-order valence-electron chi connectivity index (χ4n) is 1.53. The summed E-state index contributed by atoms with van der Waals surface area (Å²) in [6, 6.07) is 10.2. The van der Waals surface area contributed by atoms with Crippen LogP contribution in [0.25, 0.3) is 0 Å². The van der Waals surface area contributed by atoms with Crippen LogP contribution >= 0.6 is 0 Å². The molecule has 2 rings (SSSR count). The van der Waals surface area contributed by atoms with Gasteiger partial charge in [0.1, 0.15) is 0 Å². The van der Waals surface area contributed by atoms with Crippen LogP contribution in [-0.4, -0.2) is 16.8 Å². The van der Waals surface area contributed by atoms with Gasteiger partial charge in [0.05, 0.1) is 5.56 Å². The molecule has 0 fully saturated rings. The van der Waals surface area contributed by atoms with Gasteiger partial charge in [0.25, 0.3) is 5.91 Å². The fraction of sp³-hybridized carbons (Fsp3) is 0. The third-order valence-corrected chi connectivity index (χ3v) is 2.52. The Kier molecular flexibility index (Phi) is 4.24. The SMILES string of the molecule is C=CC(=O)Nc1ccc(NC(=O)c2cccnc2)cc1. The first kappa shape index (κ1) is 13.5. The summed E-state index contributed by atoms with van der Waals surface area (Å²) in [5.41, 5.74) is 1.75. The summed E-state index contributed by atoms with van der Waals surface area (Å²) < 4.78 is 0. The molecule has 0 bridgehead atoms. The molecule has 0 saturated carbocycles. The summed E-state index contributed by atoms with van der Waals surface area (Å²) in [6.45, 7) is 3.37. The van der Waals surface area contributed by atoms with Crippen LogP contribution in [0.1, 0.15) is 10.4 Å². The number of pyridine rings is 1. The van der Waals surface area contributed by atoms with E-state index in [0.717, 1.165) is 0 Å². The molecule has 2 aromatic rings. The quantitative estimate of drug-likeness (QED) is 0.836. The third kappa shape index (κ3) is 3.52. The Morgan fingerprint density at radius 3 is 2.25 bits per heavy atom. The number of benzene rings is 1. The van der Waals surface area contributed by atoms with Crippen molar-refractivity contribution in [1.29, 1.82) is 0 Å². The van der Waals surface area contributed by atoms with Crippen LogP contribution in [0.4, 0.5) is 11.4 Å². The molecule has 0 aliphatic rings. The van der Waals surface area contributed by atoms with Gasteiger partial charge in [0, 0.05) is 23.8 Å². The monoisotopic (exact) mass is 267 g/mol. The Balaban J connectivity index is 2.02. The molecule has 0 spiro atoms. The molecule has 5 heteroatoms. The van der Waals surface area contributed by atoms with E-state index >= 15 is 0 Å². The Morgan fingerprint density at radius 1 is 1.05 bits per heavy atom. The minimum Gasteiger partial charge on any atom is -0.323 e. The second kappa shape index (κ2) is 6.29. The Hall–Kier alpha value is -2.95.